The zero-order valence-electron chi connectivity index (χ0n) is 14.5. The Balaban J connectivity index is 1.87. The molecule has 0 bridgehead atoms. The van der Waals surface area contributed by atoms with Crippen molar-refractivity contribution in [3.05, 3.63) is 36.0 Å². The summed E-state index contributed by atoms with van der Waals surface area (Å²) in [4.78, 5) is 12.7. The maximum atomic E-state index is 5.75. The van der Waals surface area contributed by atoms with Crippen molar-refractivity contribution in [3.8, 4) is 5.88 Å². The predicted octanol–water partition coefficient (Wildman–Crippen LogP) is 1.25. The van der Waals surface area contributed by atoms with Crippen LogP contribution < -0.4 is 15.4 Å². The van der Waals surface area contributed by atoms with Gasteiger partial charge in [-0.05, 0) is 12.5 Å². The minimum atomic E-state index is 0.545. The monoisotopic (exact) mass is 331 g/mol. The summed E-state index contributed by atoms with van der Waals surface area (Å²) in [6.45, 7) is 3.94. The molecule has 2 aromatic heterocycles. The third kappa shape index (κ3) is 5.22. The van der Waals surface area contributed by atoms with Gasteiger partial charge in [0.25, 0.3) is 0 Å². The molecule has 8 nitrogen and oxygen atoms in total. The first-order valence-corrected chi connectivity index (χ1v) is 8.08. The lowest BCUT2D eigenvalue weighted by Gasteiger charge is -2.13. The number of rotatable bonds is 8. The van der Waals surface area contributed by atoms with Crippen LogP contribution in [0.25, 0.3) is 0 Å². The van der Waals surface area contributed by atoms with Crippen molar-refractivity contribution >= 4 is 5.96 Å². The van der Waals surface area contributed by atoms with Gasteiger partial charge >= 0.3 is 0 Å². The Morgan fingerprint density at radius 3 is 2.83 bits per heavy atom. The highest BCUT2D eigenvalue weighted by Gasteiger charge is 2.07. The highest BCUT2D eigenvalue weighted by molar-refractivity contribution is 5.79. The molecule has 0 radical (unpaired) electrons. The molecule has 130 valence electrons. The fourth-order valence-electron chi connectivity index (χ4n) is 2.04. The largest absolute Gasteiger partial charge is 0.477 e. The molecule has 0 atom stereocenters. The first-order valence-electron chi connectivity index (χ1n) is 8.08. The second kappa shape index (κ2) is 9.49. The molecule has 0 aliphatic rings. The van der Waals surface area contributed by atoms with E-state index < -0.39 is 0 Å². The van der Waals surface area contributed by atoms with Gasteiger partial charge in [0, 0.05) is 32.4 Å². The highest BCUT2D eigenvalue weighted by atomic mass is 16.5. The summed E-state index contributed by atoms with van der Waals surface area (Å²) >= 11 is 0. The second-order valence-electron chi connectivity index (χ2n) is 5.25. The van der Waals surface area contributed by atoms with E-state index in [4.69, 9.17) is 4.74 Å². The fraction of sp³-hybridized carbons (Fsp3) is 0.500. The van der Waals surface area contributed by atoms with Gasteiger partial charge in [-0.15, -0.1) is 0 Å². The standard InChI is InChI=1S/C16H25N7O/c1-4-5-9-24-15-13(7-6-8-18-15)10-19-16(17-2)20-11-14-21-12-22-23(14)3/h6-8,12H,4-5,9-11H2,1-3H3,(H2,17,19,20). The Kier molecular flexibility index (Phi) is 7.00. The molecule has 0 saturated carbocycles. The number of nitrogens with one attached hydrogen (secondary N) is 2. The van der Waals surface area contributed by atoms with Crippen molar-refractivity contribution in [2.24, 2.45) is 12.0 Å². The van der Waals surface area contributed by atoms with E-state index in [1.807, 2.05) is 19.2 Å². The van der Waals surface area contributed by atoms with E-state index in [2.05, 4.69) is 37.6 Å². The Bertz CT molecular complexity index is 653. The van der Waals surface area contributed by atoms with Crippen LogP contribution in [0, 0.1) is 0 Å². The molecular weight excluding hydrogens is 306 g/mol. The normalized spacial score (nSPS) is 11.4. The summed E-state index contributed by atoms with van der Waals surface area (Å²) < 4.78 is 7.47. The molecule has 24 heavy (non-hydrogen) atoms. The van der Waals surface area contributed by atoms with Crippen LogP contribution >= 0.6 is 0 Å². The lowest BCUT2D eigenvalue weighted by molar-refractivity contribution is 0.294. The molecule has 0 aromatic carbocycles. The zero-order chi connectivity index (χ0) is 17.2. The van der Waals surface area contributed by atoms with Gasteiger partial charge in [0.1, 0.15) is 12.2 Å². The number of nitrogens with zero attached hydrogens (tertiary/aromatic N) is 5. The van der Waals surface area contributed by atoms with Crippen molar-refractivity contribution < 1.29 is 4.74 Å². The molecule has 0 amide bonds. The van der Waals surface area contributed by atoms with Gasteiger partial charge in [0.05, 0.1) is 13.2 Å². The quantitative estimate of drug-likeness (QED) is 0.430. The lowest BCUT2D eigenvalue weighted by atomic mass is 10.2. The van der Waals surface area contributed by atoms with Crippen molar-refractivity contribution in [2.75, 3.05) is 13.7 Å². The van der Waals surface area contributed by atoms with Gasteiger partial charge in [-0.3, -0.25) is 9.67 Å². The van der Waals surface area contributed by atoms with E-state index >= 15 is 0 Å². The summed E-state index contributed by atoms with van der Waals surface area (Å²) in [5.74, 6) is 2.19. The van der Waals surface area contributed by atoms with Crippen LogP contribution in [0.15, 0.2) is 29.6 Å². The molecule has 2 rings (SSSR count). The maximum absolute atomic E-state index is 5.75. The molecule has 0 aliphatic heterocycles. The van der Waals surface area contributed by atoms with Crippen molar-refractivity contribution in [1.82, 2.24) is 30.4 Å². The van der Waals surface area contributed by atoms with Crippen LogP contribution in [0.5, 0.6) is 5.88 Å². The van der Waals surface area contributed by atoms with Gasteiger partial charge in [0.2, 0.25) is 5.88 Å². The molecule has 0 spiro atoms. The molecule has 2 N–H and O–H groups in total. The van der Waals surface area contributed by atoms with E-state index in [-0.39, 0.29) is 0 Å². The average Bonchev–Trinajstić information content (AvgIpc) is 3.01. The number of pyridine rings is 1. The summed E-state index contributed by atoms with van der Waals surface area (Å²) in [6, 6.07) is 3.90. The number of aliphatic imine (C=N–C) groups is 1. The van der Waals surface area contributed by atoms with Gasteiger partial charge in [0.15, 0.2) is 5.96 Å². The molecule has 0 aliphatic carbocycles. The second-order valence-corrected chi connectivity index (χ2v) is 5.25. The number of aryl methyl sites for hydroxylation is 1. The topological polar surface area (TPSA) is 89.2 Å². The minimum Gasteiger partial charge on any atom is -0.477 e. The van der Waals surface area contributed by atoms with E-state index in [0.717, 1.165) is 24.2 Å². The van der Waals surface area contributed by atoms with E-state index in [1.54, 1.807) is 17.9 Å². The number of hydrogen-bond donors (Lipinski definition) is 2. The summed E-state index contributed by atoms with van der Waals surface area (Å²) in [7, 11) is 3.59. The number of aromatic nitrogens is 4. The lowest BCUT2D eigenvalue weighted by Crippen LogP contribution is -2.37. The van der Waals surface area contributed by atoms with Gasteiger partial charge < -0.3 is 15.4 Å². The summed E-state index contributed by atoms with van der Waals surface area (Å²) in [5, 5.41) is 10.5. The Morgan fingerprint density at radius 1 is 1.29 bits per heavy atom. The average molecular weight is 331 g/mol. The SMILES string of the molecule is CCCCOc1ncccc1CNC(=NC)NCc1ncnn1C. The fourth-order valence-corrected chi connectivity index (χ4v) is 2.04. The van der Waals surface area contributed by atoms with Gasteiger partial charge in [-0.1, -0.05) is 19.4 Å². The maximum Gasteiger partial charge on any atom is 0.218 e. The first-order chi connectivity index (χ1) is 11.7. The van der Waals surface area contributed by atoms with Crippen LogP contribution in [-0.4, -0.2) is 39.4 Å². The molecule has 0 unspecified atom stereocenters. The molecule has 0 fully saturated rings. The van der Waals surface area contributed by atoms with Crippen LogP contribution in [-0.2, 0) is 20.1 Å². The highest BCUT2D eigenvalue weighted by Crippen LogP contribution is 2.14. The van der Waals surface area contributed by atoms with Crippen LogP contribution in [0.4, 0.5) is 0 Å². The Morgan fingerprint density at radius 2 is 2.12 bits per heavy atom. The van der Waals surface area contributed by atoms with E-state index in [0.29, 0.717) is 31.5 Å². The summed E-state index contributed by atoms with van der Waals surface area (Å²) in [5.41, 5.74) is 0.996. The van der Waals surface area contributed by atoms with Gasteiger partial charge in [-0.2, -0.15) is 5.10 Å². The van der Waals surface area contributed by atoms with E-state index in [1.165, 1.54) is 6.33 Å². The third-order valence-corrected chi connectivity index (χ3v) is 3.48. The number of hydrogen-bond acceptors (Lipinski definition) is 5. The predicted molar refractivity (Wildman–Crippen MR) is 92.7 cm³/mol. The smallest absolute Gasteiger partial charge is 0.218 e. The van der Waals surface area contributed by atoms with Crippen LogP contribution in [0.2, 0.25) is 0 Å². The van der Waals surface area contributed by atoms with Crippen molar-refractivity contribution in [2.45, 2.75) is 32.9 Å². The molecule has 0 saturated heterocycles. The van der Waals surface area contributed by atoms with Crippen LogP contribution in [0.1, 0.15) is 31.2 Å². The molecule has 8 heteroatoms. The zero-order valence-corrected chi connectivity index (χ0v) is 14.5. The molecule has 2 heterocycles. The molecule has 2 aromatic rings. The Hall–Kier alpha value is -2.64. The molecular formula is C16H25N7O. The van der Waals surface area contributed by atoms with Crippen LogP contribution in [0.3, 0.4) is 0 Å². The third-order valence-electron chi connectivity index (χ3n) is 3.48. The first kappa shape index (κ1) is 17.7. The van der Waals surface area contributed by atoms with Gasteiger partial charge in [-0.25, -0.2) is 9.97 Å². The summed E-state index contributed by atoms with van der Waals surface area (Å²) in [6.07, 6.45) is 5.39. The number of ether oxygens (including phenoxy) is 1. The minimum absolute atomic E-state index is 0.545. The Labute approximate surface area is 142 Å². The van der Waals surface area contributed by atoms with Crippen molar-refractivity contribution in [1.29, 1.82) is 0 Å². The number of guanidine groups is 1. The van der Waals surface area contributed by atoms with E-state index in [9.17, 15) is 0 Å². The van der Waals surface area contributed by atoms with Crippen molar-refractivity contribution in [3.63, 3.8) is 0 Å². The number of unbranched alkanes of at least 4 members (excludes halogenated alkanes) is 1.